The van der Waals surface area contributed by atoms with Gasteiger partial charge in [-0.05, 0) is 49.4 Å². The van der Waals surface area contributed by atoms with Crippen molar-refractivity contribution in [2.24, 2.45) is 0 Å². The molecule has 0 saturated heterocycles. The minimum atomic E-state index is 0.615. The molecule has 0 unspecified atom stereocenters. The molecule has 154 valence electrons. The number of thioether (sulfide) groups is 2. The van der Waals surface area contributed by atoms with Crippen molar-refractivity contribution in [2.45, 2.75) is 29.0 Å². The van der Waals surface area contributed by atoms with E-state index in [0.29, 0.717) is 21.0 Å². The van der Waals surface area contributed by atoms with E-state index < -0.39 is 0 Å². The molecule has 4 aromatic rings. The van der Waals surface area contributed by atoms with Crippen LogP contribution in [-0.2, 0) is 5.75 Å². The van der Waals surface area contributed by atoms with Gasteiger partial charge in [-0.25, -0.2) is 15.0 Å². The Kier molecular flexibility index (Phi) is 7.07. The largest absolute Gasteiger partial charge is 0.241 e. The summed E-state index contributed by atoms with van der Waals surface area (Å²) in [5, 5.41) is 5.17. The van der Waals surface area contributed by atoms with E-state index in [0.717, 1.165) is 27.5 Å². The van der Waals surface area contributed by atoms with Crippen molar-refractivity contribution in [3.63, 3.8) is 0 Å². The zero-order valence-corrected chi connectivity index (χ0v) is 21.2. The van der Waals surface area contributed by atoms with Crippen molar-refractivity contribution in [3.05, 3.63) is 62.7 Å². The summed E-state index contributed by atoms with van der Waals surface area (Å²) in [6.45, 7) is 4.18. The lowest BCUT2D eigenvalue weighted by atomic mass is 10.1. The highest BCUT2D eigenvalue weighted by Crippen LogP contribution is 2.46. The fourth-order valence-electron chi connectivity index (χ4n) is 2.95. The maximum atomic E-state index is 6.30. The van der Waals surface area contributed by atoms with Crippen LogP contribution in [0.1, 0.15) is 16.8 Å². The van der Waals surface area contributed by atoms with Crippen LogP contribution in [0.15, 0.2) is 45.2 Å². The molecule has 1 aromatic carbocycles. The minimum absolute atomic E-state index is 0.615. The van der Waals surface area contributed by atoms with Crippen molar-refractivity contribution >= 4 is 69.4 Å². The molecule has 3 nitrogen and oxygen atoms in total. The smallest absolute Gasteiger partial charge is 0.188 e. The van der Waals surface area contributed by atoms with Crippen LogP contribution >= 0.6 is 69.4 Å². The van der Waals surface area contributed by atoms with Crippen LogP contribution in [0.4, 0.5) is 0 Å². The predicted octanol–water partition coefficient (Wildman–Crippen LogP) is 8.27. The van der Waals surface area contributed by atoms with E-state index in [1.807, 2.05) is 37.4 Å². The van der Waals surface area contributed by atoms with Crippen LogP contribution < -0.4 is 0 Å². The number of nitrogens with zero attached hydrogens (tertiary/aromatic N) is 3. The zero-order valence-electron chi connectivity index (χ0n) is 16.4. The lowest BCUT2D eigenvalue weighted by Crippen LogP contribution is -1.93. The molecule has 0 bridgehead atoms. The molecule has 0 radical (unpaired) electrons. The topological polar surface area (TPSA) is 38.7 Å². The van der Waals surface area contributed by atoms with Gasteiger partial charge >= 0.3 is 0 Å². The number of thiophene rings is 1. The first-order valence-corrected chi connectivity index (χ1v) is 13.6. The Labute approximate surface area is 202 Å². The first-order chi connectivity index (χ1) is 14.5. The molecule has 0 fully saturated rings. The molecule has 0 N–H and O–H groups in total. The summed E-state index contributed by atoms with van der Waals surface area (Å²) in [7, 11) is 0. The van der Waals surface area contributed by atoms with E-state index >= 15 is 0 Å². The predicted molar refractivity (Wildman–Crippen MR) is 134 cm³/mol. The first-order valence-electron chi connectivity index (χ1n) is 8.97. The highest BCUT2D eigenvalue weighted by atomic mass is 35.5. The third-order valence-corrected chi connectivity index (χ3v) is 9.53. The molecule has 0 aliphatic rings. The van der Waals surface area contributed by atoms with E-state index in [-0.39, 0.29) is 0 Å². The van der Waals surface area contributed by atoms with Crippen LogP contribution in [0.2, 0.25) is 10.0 Å². The monoisotopic (exact) mass is 509 g/mol. The van der Waals surface area contributed by atoms with Crippen molar-refractivity contribution in [3.8, 4) is 21.1 Å². The average molecular weight is 511 g/mol. The number of hydrogen-bond donors (Lipinski definition) is 0. The second kappa shape index (κ2) is 9.59. The summed E-state index contributed by atoms with van der Waals surface area (Å²) in [5.74, 6) is 0.615. The minimum Gasteiger partial charge on any atom is -0.241 e. The summed E-state index contributed by atoms with van der Waals surface area (Å²) in [4.78, 5) is 15.2. The Hall–Kier alpha value is -1.09. The van der Waals surface area contributed by atoms with E-state index in [1.54, 1.807) is 34.4 Å². The summed E-state index contributed by atoms with van der Waals surface area (Å²) in [5.41, 5.74) is 5.25. The average Bonchev–Trinajstić information content (AvgIpc) is 3.30. The second-order valence-electron chi connectivity index (χ2n) is 6.43. The van der Waals surface area contributed by atoms with Crippen LogP contribution in [-0.4, -0.2) is 21.2 Å². The van der Waals surface area contributed by atoms with Crippen LogP contribution in [0.3, 0.4) is 0 Å². The Bertz CT molecular complexity index is 1180. The van der Waals surface area contributed by atoms with Gasteiger partial charge in [0.25, 0.3) is 0 Å². The van der Waals surface area contributed by atoms with E-state index in [4.69, 9.17) is 28.2 Å². The van der Waals surface area contributed by atoms with Crippen LogP contribution in [0.5, 0.6) is 0 Å². The molecule has 3 heterocycles. The normalized spacial score (nSPS) is 11.2. The molecule has 0 atom stereocenters. The van der Waals surface area contributed by atoms with Gasteiger partial charge in [0.05, 0.1) is 14.8 Å². The quantitative estimate of drug-likeness (QED) is 0.193. The van der Waals surface area contributed by atoms with Gasteiger partial charge in [-0.15, -0.1) is 34.4 Å². The summed E-state index contributed by atoms with van der Waals surface area (Å²) >= 11 is 19.3. The molecular weight excluding hydrogens is 493 g/mol. The van der Waals surface area contributed by atoms with Crippen molar-refractivity contribution in [2.75, 3.05) is 6.26 Å². The SMILES string of the molecule is CSc1sc(-c2nc(C)cs2)c(C)c1-c1ccnc(SCc2c(Cl)cccc2Cl)n1. The molecule has 0 aliphatic heterocycles. The van der Waals surface area contributed by atoms with Crippen molar-refractivity contribution in [1.82, 2.24) is 15.0 Å². The number of benzene rings is 1. The number of aryl methyl sites for hydroxylation is 1. The lowest BCUT2D eigenvalue weighted by molar-refractivity contribution is 0.970. The second-order valence-corrected chi connectivity index (χ2v) is 11.1. The van der Waals surface area contributed by atoms with Crippen molar-refractivity contribution < 1.29 is 0 Å². The third-order valence-electron chi connectivity index (χ3n) is 4.41. The highest BCUT2D eigenvalue weighted by molar-refractivity contribution is 8.00. The fraction of sp³-hybridized carbons (Fsp3) is 0.190. The molecule has 3 aromatic heterocycles. The van der Waals surface area contributed by atoms with Gasteiger partial charge in [0.15, 0.2) is 5.16 Å². The number of rotatable bonds is 6. The molecule has 4 rings (SSSR count). The standard InChI is InChI=1S/C21H17Cl2N3S4/c1-11-9-28-19(25-11)18-12(2)17(20(27-3)30-18)16-7-8-24-21(26-16)29-10-13-14(22)5-4-6-15(13)23/h4-9H,10H2,1-3H3. The number of halogens is 2. The van der Waals surface area contributed by atoms with E-state index in [9.17, 15) is 0 Å². The Morgan fingerprint density at radius 3 is 2.50 bits per heavy atom. The number of hydrogen-bond acceptors (Lipinski definition) is 7. The number of thiazole rings is 1. The van der Waals surface area contributed by atoms with Gasteiger partial charge in [0.1, 0.15) is 5.01 Å². The molecule has 0 amide bonds. The maximum absolute atomic E-state index is 6.30. The van der Waals surface area contributed by atoms with E-state index in [2.05, 4.69) is 28.5 Å². The molecule has 0 saturated carbocycles. The van der Waals surface area contributed by atoms with Crippen molar-refractivity contribution in [1.29, 1.82) is 0 Å². The highest BCUT2D eigenvalue weighted by Gasteiger charge is 2.20. The van der Waals surface area contributed by atoms with Gasteiger partial charge in [-0.1, -0.05) is 41.0 Å². The first kappa shape index (κ1) is 22.1. The molecular formula is C21H17Cl2N3S4. The Morgan fingerprint density at radius 1 is 1.07 bits per heavy atom. The van der Waals surface area contributed by atoms with Gasteiger partial charge in [0.2, 0.25) is 0 Å². The Morgan fingerprint density at radius 2 is 1.83 bits per heavy atom. The van der Waals surface area contributed by atoms with Crippen LogP contribution in [0, 0.1) is 13.8 Å². The molecule has 0 spiro atoms. The maximum Gasteiger partial charge on any atom is 0.188 e. The van der Waals surface area contributed by atoms with Gasteiger partial charge in [-0.3, -0.25) is 0 Å². The van der Waals surface area contributed by atoms with Gasteiger partial charge < -0.3 is 0 Å². The van der Waals surface area contributed by atoms with Crippen LogP contribution in [0.25, 0.3) is 21.1 Å². The van der Waals surface area contributed by atoms with Gasteiger partial charge in [-0.2, -0.15) is 0 Å². The summed E-state index contributed by atoms with van der Waals surface area (Å²) in [6.07, 6.45) is 3.91. The summed E-state index contributed by atoms with van der Waals surface area (Å²) in [6, 6.07) is 7.52. The molecule has 30 heavy (non-hydrogen) atoms. The third kappa shape index (κ3) is 4.56. The van der Waals surface area contributed by atoms with Gasteiger partial charge in [0, 0.05) is 38.6 Å². The molecule has 9 heteroatoms. The lowest BCUT2D eigenvalue weighted by Gasteiger charge is -2.08. The molecule has 0 aliphatic carbocycles. The van der Waals surface area contributed by atoms with E-state index in [1.165, 1.54) is 26.4 Å². The zero-order chi connectivity index (χ0) is 21.3. The number of aromatic nitrogens is 3. The fourth-order valence-corrected chi connectivity index (χ4v) is 7.56. The summed E-state index contributed by atoms with van der Waals surface area (Å²) < 4.78 is 1.24. The Balaban J connectivity index is 1.66.